The first kappa shape index (κ1) is 21.1. The monoisotopic (exact) mass is 416 g/mol. The second-order valence-corrected chi connectivity index (χ2v) is 7.81. The van der Waals surface area contributed by atoms with E-state index in [0.717, 1.165) is 25.2 Å². The van der Waals surface area contributed by atoms with Gasteiger partial charge in [0.15, 0.2) is 0 Å². The van der Waals surface area contributed by atoms with Gasteiger partial charge in [-0.2, -0.15) is 0 Å². The molecule has 0 aromatic heterocycles. The highest BCUT2D eigenvalue weighted by molar-refractivity contribution is 6.30. The van der Waals surface area contributed by atoms with Crippen LogP contribution in [0, 0.1) is 0 Å². The van der Waals surface area contributed by atoms with Gasteiger partial charge in [-0.25, -0.2) is 10.3 Å². The van der Waals surface area contributed by atoms with Gasteiger partial charge in [-0.05, 0) is 49.7 Å². The molecule has 1 saturated heterocycles. The SMILES string of the molecule is C[C@@H]1CN(Cc2ccc(C(=O)NO)cc2)C[C@H](C)N1C(=O)Nc1cccc(Cl)c1. The van der Waals surface area contributed by atoms with E-state index >= 15 is 0 Å². The maximum Gasteiger partial charge on any atom is 0.322 e. The zero-order valence-corrected chi connectivity index (χ0v) is 17.2. The highest BCUT2D eigenvalue weighted by Gasteiger charge is 2.32. The molecular formula is C21H25ClN4O3. The number of nitrogens with one attached hydrogen (secondary N) is 2. The van der Waals surface area contributed by atoms with Crippen LogP contribution < -0.4 is 10.8 Å². The zero-order valence-electron chi connectivity index (χ0n) is 16.4. The van der Waals surface area contributed by atoms with Crippen LogP contribution in [-0.2, 0) is 6.54 Å². The highest BCUT2D eigenvalue weighted by Crippen LogP contribution is 2.21. The van der Waals surface area contributed by atoms with Crippen LogP contribution in [-0.4, -0.2) is 52.1 Å². The summed E-state index contributed by atoms with van der Waals surface area (Å²) in [6.07, 6.45) is 0. The Bertz CT molecular complexity index is 862. The largest absolute Gasteiger partial charge is 0.322 e. The van der Waals surface area contributed by atoms with Gasteiger partial charge in [0.05, 0.1) is 0 Å². The smallest absolute Gasteiger partial charge is 0.317 e. The van der Waals surface area contributed by atoms with Crippen molar-refractivity contribution in [1.82, 2.24) is 15.3 Å². The third-order valence-electron chi connectivity index (χ3n) is 5.03. The molecule has 3 rings (SSSR count). The number of anilines is 1. The summed E-state index contributed by atoms with van der Waals surface area (Å²) < 4.78 is 0. The van der Waals surface area contributed by atoms with Crippen LogP contribution in [0.4, 0.5) is 10.5 Å². The fourth-order valence-corrected chi connectivity index (χ4v) is 3.99. The molecule has 1 heterocycles. The first-order chi connectivity index (χ1) is 13.9. The summed E-state index contributed by atoms with van der Waals surface area (Å²) in [5.41, 5.74) is 3.78. The van der Waals surface area contributed by atoms with Crippen LogP contribution in [0.3, 0.4) is 0 Å². The minimum absolute atomic E-state index is 0.0392. The Kier molecular flexibility index (Phi) is 6.74. The first-order valence-electron chi connectivity index (χ1n) is 9.48. The predicted molar refractivity (Wildman–Crippen MR) is 112 cm³/mol. The van der Waals surface area contributed by atoms with Crippen molar-refractivity contribution in [2.24, 2.45) is 0 Å². The molecule has 7 nitrogen and oxygen atoms in total. The summed E-state index contributed by atoms with van der Waals surface area (Å²) in [6, 6.07) is 14.2. The zero-order chi connectivity index (χ0) is 21.0. The molecule has 1 aliphatic heterocycles. The maximum absolute atomic E-state index is 12.8. The van der Waals surface area contributed by atoms with Crippen LogP contribution >= 0.6 is 11.6 Å². The van der Waals surface area contributed by atoms with Crippen LogP contribution in [0.2, 0.25) is 5.02 Å². The Labute approximate surface area is 175 Å². The Morgan fingerprint density at radius 2 is 1.76 bits per heavy atom. The van der Waals surface area contributed by atoms with E-state index in [1.807, 2.05) is 36.9 Å². The minimum atomic E-state index is -0.530. The van der Waals surface area contributed by atoms with Crippen molar-refractivity contribution in [2.75, 3.05) is 18.4 Å². The number of piperazine rings is 1. The Morgan fingerprint density at radius 1 is 1.10 bits per heavy atom. The Hall–Kier alpha value is -2.61. The molecule has 1 aliphatic rings. The number of nitrogens with zero attached hydrogens (tertiary/aromatic N) is 2. The summed E-state index contributed by atoms with van der Waals surface area (Å²) in [7, 11) is 0. The van der Waals surface area contributed by atoms with Gasteiger partial charge in [0, 0.05) is 48.0 Å². The fourth-order valence-electron chi connectivity index (χ4n) is 3.80. The number of benzene rings is 2. The summed E-state index contributed by atoms with van der Waals surface area (Å²) >= 11 is 6.00. The number of hydrogen-bond acceptors (Lipinski definition) is 4. The van der Waals surface area contributed by atoms with Crippen molar-refractivity contribution in [2.45, 2.75) is 32.5 Å². The summed E-state index contributed by atoms with van der Waals surface area (Å²) in [5.74, 6) is -0.530. The van der Waals surface area contributed by atoms with E-state index in [2.05, 4.69) is 10.2 Å². The first-order valence-corrected chi connectivity index (χ1v) is 9.85. The van der Waals surface area contributed by atoms with E-state index in [1.54, 1.807) is 35.8 Å². The van der Waals surface area contributed by atoms with Crippen molar-refractivity contribution in [3.05, 3.63) is 64.7 Å². The molecule has 8 heteroatoms. The molecule has 0 spiro atoms. The van der Waals surface area contributed by atoms with Crippen molar-refractivity contribution in [3.63, 3.8) is 0 Å². The second-order valence-electron chi connectivity index (χ2n) is 7.38. The Balaban J connectivity index is 1.60. The molecule has 3 amide bonds. The van der Waals surface area contributed by atoms with Gasteiger partial charge in [-0.3, -0.25) is 14.9 Å². The van der Waals surface area contributed by atoms with Crippen LogP contribution in [0.25, 0.3) is 0 Å². The molecule has 3 N–H and O–H groups in total. The van der Waals surface area contributed by atoms with Gasteiger partial charge in [0.1, 0.15) is 0 Å². The van der Waals surface area contributed by atoms with E-state index in [0.29, 0.717) is 16.3 Å². The lowest BCUT2D eigenvalue weighted by atomic mass is 10.1. The number of carbonyl (C=O) groups excluding carboxylic acids is 2. The third-order valence-corrected chi connectivity index (χ3v) is 5.26. The van der Waals surface area contributed by atoms with Crippen LogP contribution in [0.5, 0.6) is 0 Å². The van der Waals surface area contributed by atoms with E-state index in [9.17, 15) is 9.59 Å². The molecule has 154 valence electrons. The number of hydrogen-bond donors (Lipinski definition) is 3. The number of rotatable bonds is 4. The molecule has 29 heavy (non-hydrogen) atoms. The van der Waals surface area contributed by atoms with Crippen molar-refractivity contribution >= 4 is 29.2 Å². The number of halogens is 1. The van der Waals surface area contributed by atoms with E-state index in [4.69, 9.17) is 16.8 Å². The lowest BCUT2D eigenvalue weighted by Gasteiger charge is -2.44. The Morgan fingerprint density at radius 3 is 2.34 bits per heavy atom. The van der Waals surface area contributed by atoms with Crippen molar-refractivity contribution < 1.29 is 14.8 Å². The average molecular weight is 417 g/mol. The van der Waals surface area contributed by atoms with Crippen LogP contribution in [0.1, 0.15) is 29.8 Å². The lowest BCUT2D eigenvalue weighted by Crippen LogP contribution is -2.59. The molecule has 0 saturated carbocycles. The normalized spacial score (nSPS) is 19.7. The molecule has 0 radical (unpaired) electrons. The number of urea groups is 1. The molecular weight excluding hydrogens is 392 g/mol. The summed E-state index contributed by atoms with van der Waals surface area (Å²) in [5, 5.41) is 12.2. The summed E-state index contributed by atoms with van der Waals surface area (Å²) in [6.45, 7) is 6.28. The van der Waals surface area contributed by atoms with Crippen molar-refractivity contribution in [1.29, 1.82) is 0 Å². The molecule has 0 unspecified atom stereocenters. The minimum Gasteiger partial charge on any atom is -0.317 e. The predicted octanol–water partition coefficient (Wildman–Crippen LogP) is 3.59. The molecule has 2 atom stereocenters. The second kappa shape index (κ2) is 9.26. The fraction of sp³-hybridized carbons (Fsp3) is 0.333. The molecule has 0 bridgehead atoms. The van der Waals surface area contributed by atoms with Gasteiger partial charge < -0.3 is 10.2 Å². The topological polar surface area (TPSA) is 84.9 Å². The lowest BCUT2D eigenvalue weighted by molar-refractivity contribution is 0.0656. The van der Waals surface area contributed by atoms with Gasteiger partial charge in [-0.15, -0.1) is 0 Å². The van der Waals surface area contributed by atoms with E-state index in [-0.39, 0.29) is 18.1 Å². The number of hydroxylamine groups is 1. The maximum atomic E-state index is 12.8. The van der Waals surface area contributed by atoms with Gasteiger partial charge in [-0.1, -0.05) is 29.8 Å². The van der Waals surface area contributed by atoms with Crippen LogP contribution in [0.15, 0.2) is 48.5 Å². The van der Waals surface area contributed by atoms with Gasteiger partial charge in [0.25, 0.3) is 5.91 Å². The van der Waals surface area contributed by atoms with E-state index < -0.39 is 5.91 Å². The van der Waals surface area contributed by atoms with Crippen molar-refractivity contribution in [3.8, 4) is 0 Å². The molecule has 2 aromatic rings. The van der Waals surface area contributed by atoms with Gasteiger partial charge >= 0.3 is 6.03 Å². The quantitative estimate of drug-likeness (QED) is 0.525. The molecule has 0 aliphatic carbocycles. The number of amides is 3. The van der Waals surface area contributed by atoms with Gasteiger partial charge in [0.2, 0.25) is 0 Å². The molecule has 1 fully saturated rings. The third kappa shape index (κ3) is 5.26. The van der Waals surface area contributed by atoms with E-state index in [1.165, 1.54) is 0 Å². The number of carbonyl (C=O) groups is 2. The molecule has 2 aromatic carbocycles. The summed E-state index contributed by atoms with van der Waals surface area (Å²) in [4.78, 5) is 28.4. The average Bonchev–Trinajstić information content (AvgIpc) is 2.67. The standard InChI is InChI=1S/C21H25ClN4O3/c1-14-11-25(13-16-6-8-17(9-7-16)20(27)24-29)12-15(2)26(14)21(28)23-19-5-3-4-18(22)10-19/h3-10,14-15,29H,11-13H2,1-2H3,(H,23,28)(H,24,27)/t14-,15+. The highest BCUT2D eigenvalue weighted by atomic mass is 35.5.